The lowest BCUT2D eigenvalue weighted by Crippen LogP contribution is -2.33. The zero-order chi connectivity index (χ0) is 11.5. The fraction of sp³-hybridized carbons (Fsp3) is 1.00. The summed E-state index contributed by atoms with van der Waals surface area (Å²) in [5.74, 6) is -1.34. The highest BCUT2D eigenvalue weighted by molar-refractivity contribution is 4.81. The van der Waals surface area contributed by atoms with Crippen LogP contribution in [0, 0.1) is 11.8 Å². The molecule has 1 fully saturated rings. The standard InChI is InChI=1S/C11H19F3O/c1-2-4-10(15)8-5-3-6-9(7-8)11(12,13)14/h8-10,15H,2-7H2,1H3. The van der Waals surface area contributed by atoms with Gasteiger partial charge in [0.1, 0.15) is 0 Å². The van der Waals surface area contributed by atoms with E-state index in [1.54, 1.807) is 0 Å². The molecule has 4 heteroatoms. The molecular formula is C11H19F3O. The minimum atomic E-state index is -4.08. The summed E-state index contributed by atoms with van der Waals surface area (Å²) in [5, 5.41) is 9.69. The van der Waals surface area contributed by atoms with E-state index in [4.69, 9.17) is 0 Å². The third-order valence-electron chi connectivity index (χ3n) is 3.31. The van der Waals surface area contributed by atoms with E-state index in [1.807, 2.05) is 6.92 Å². The molecule has 0 amide bonds. The lowest BCUT2D eigenvalue weighted by Gasteiger charge is -2.33. The zero-order valence-corrected chi connectivity index (χ0v) is 9.06. The number of hydrogen-bond acceptors (Lipinski definition) is 1. The summed E-state index contributed by atoms with van der Waals surface area (Å²) < 4.78 is 37.4. The number of halogens is 3. The summed E-state index contributed by atoms with van der Waals surface area (Å²) in [6.45, 7) is 1.94. The molecule has 0 heterocycles. The second-order valence-corrected chi connectivity index (χ2v) is 4.52. The van der Waals surface area contributed by atoms with Crippen molar-refractivity contribution in [3.05, 3.63) is 0 Å². The van der Waals surface area contributed by atoms with E-state index in [0.29, 0.717) is 12.8 Å². The Bertz CT molecular complexity index is 191. The minimum Gasteiger partial charge on any atom is -0.393 e. The Morgan fingerprint density at radius 1 is 1.33 bits per heavy atom. The van der Waals surface area contributed by atoms with Crippen LogP contribution in [0.15, 0.2) is 0 Å². The van der Waals surface area contributed by atoms with Gasteiger partial charge in [0.05, 0.1) is 12.0 Å². The molecule has 3 atom stereocenters. The molecule has 1 saturated carbocycles. The Hall–Kier alpha value is -0.250. The van der Waals surface area contributed by atoms with Crippen molar-refractivity contribution in [3.63, 3.8) is 0 Å². The van der Waals surface area contributed by atoms with Crippen LogP contribution in [0.3, 0.4) is 0 Å². The molecule has 0 aromatic heterocycles. The first kappa shape index (κ1) is 12.8. The minimum absolute atomic E-state index is 0.116. The van der Waals surface area contributed by atoms with Crippen LogP contribution in [0.5, 0.6) is 0 Å². The third-order valence-corrected chi connectivity index (χ3v) is 3.31. The summed E-state index contributed by atoms with van der Waals surface area (Å²) in [6, 6.07) is 0. The summed E-state index contributed by atoms with van der Waals surface area (Å²) >= 11 is 0. The lowest BCUT2D eigenvalue weighted by atomic mass is 9.77. The van der Waals surface area contributed by atoms with Crippen molar-refractivity contribution in [2.75, 3.05) is 0 Å². The molecule has 0 spiro atoms. The second-order valence-electron chi connectivity index (χ2n) is 4.52. The van der Waals surface area contributed by atoms with E-state index < -0.39 is 18.2 Å². The molecule has 0 radical (unpaired) electrons. The maximum absolute atomic E-state index is 12.5. The van der Waals surface area contributed by atoms with Crippen LogP contribution in [-0.2, 0) is 0 Å². The van der Waals surface area contributed by atoms with E-state index in [0.717, 1.165) is 12.8 Å². The number of hydrogen-bond donors (Lipinski definition) is 1. The van der Waals surface area contributed by atoms with Gasteiger partial charge in [-0.1, -0.05) is 19.8 Å². The van der Waals surface area contributed by atoms with Crippen LogP contribution in [-0.4, -0.2) is 17.4 Å². The molecule has 0 aromatic rings. The van der Waals surface area contributed by atoms with Gasteiger partial charge in [0.15, 0.2) is 0 Å². The Morgan fingerprint density at radius 2 is 2.00 bits per heavy atom. The summed E-state index contributed by atoms with van der Waals surface area (Å²) in [4.78, 5) is 0. The average molecular weight is 224 g/mol. The van der Waals surface area contributed by atoms with Gasteiger partial charge in [0, 0.05) is 0 Å². The van der Waals surface area contributed by atoms with Gasteiger partial charge >= 0.3 is 6.18 Å². The average Bonchev–Trinajstić information content (AvgIpc) is 2.17. The normalized spacial score (nSPS) is 30.2. The predicted molar refractivity (Wildman–Crippen MR) is 52.4 cm³/mol. The number of rotatable bonds is 3. The van der Waals surface area contributed by atoms with E-state index >= 15 is 0 Å². The highest BCUT2D eigenvalue weighted by atomic mass is 19.4. The van der Waals surface area contributed by atoms with Gasteiger partial charge in [-0.2, -0.15) is 13.2 Å². The van der Waals surface area contributed by atoms with Crippen molar-refractivity contribution in [3.8, 4) is 0 Å². The number of aliphatic hydroxyl groups is 1. The first-order chi connectivity index (χ1) is 6.95. The van der Waals surface area contributed by atoms with E-state index in [9.17, 15) is 18.3 Å². The molecule has 1 aliphatic carbocycles. The summed E-state index contributed by atoms with van der Waals surface area (Å²) in [5.41, 5.74) is 0. The Labute approximate surface area is 88.7 Å². The molecule has 15 heavy (non-hydrogen) atoms. The summed E-state index contributed by atoms with van der Waals surface area (Å²) in [6.07, 6.45) is -1.48. The molecule has 1 nitrogen and oxygen atoms in total. The molecular weight excluding hydrogens is 205 g/mol. The molecule has 0 saturated heterocycles. The van der Waals surface area contributed by atoms with Gasteiger partial charge in [-0.3, -0.25) is 0 Å². The first-order valence-corrected chi connectivity index (χ1v) is 5.70. The van der Waals surface area contributed by atoms with Crippen molar-refractivity contribution < 1.29 is 18.3 Å². The van der Waals surface area contributed by atoms with Crippen LogP contribution in [0.1, 0.15) is 45.4 Å². The van der Waals surface area contributed by atoms with Gasteiger partial charge in [0.25, 0.3) is 0 Å². The van der Waals surface area contributed by atoms with Crippen molar-refractivity contribution in [1.82, 2.24) is 0 Å². The summed E-state index contributed by atoms with van der Waals surface area (Å²) in [7, 11) is 0. The van der Waals surface area contributed by atoms with Gasteiger partial charge in [-0.25, -0.2) is 0 Å². The van der Waals surface area contributed by atoms with Gasteiger partial charge in [-0.05, 0) is 31.6 Å². The molecule has 1 rings (SSSR count). The molecule has 0 bridgehead atoms. The van der Waals surface area contributed by atoms with Crippen LogP contribution in [0.25, 0.3) is 0 Å². The van der Waals surface area contributed by atoms with Crippen LogP contribution in [0.4, 0.5) is 13.2 Å². The zero-order valence-electron chi connectivity index (χ0n) is 9.06. The quantitative estimate of drug-likeness (QED) is 0.777. The predicted octanol–water partition coefficient (Wildman–Crippen LogP) is 3.52. The van der Waals surface area contributed by atoms with Crippen molar-refractivity contribution >= 4 is 0 Å². The Morgan fingerprint density at radius 3 is 2.53 bits per heavy atom. The maximum Gasteiger partial charge on any atom is 0.391 e. The molecule has 1 N–H and O–H groups in total. The topological polar surface area (TPSA) is 20.2 Å². The molecule has 1 aliphatic rings. The first-order valence-electron chi connectivity index (χ1n) is 5.70. The number of alkyl halides is 3. The van der Waals surface area contributed by atoms with Crippen molar-refractivity contribution in [2.45, 2.75) is 57.7 Å². The SMILES string of the molecule is CCCC(O)C1CCCC(C(F)(F)F)C1. The molecule has 3 unspecified atom stereocenters. The highest BCUT2D eigenvalue weighted by Crippen LogP contribution is 2.41. The molecule has 90 valence electrons. The van der Waals surface area contributed by atoms with Gasteiger partial charge in [0.2, 0.25) is 0 Å². The second kappa shape index (κ2) is 5.19. The van der Waals surface area contributed by atoms with E-state index in [2.05, 4.69) is 0 Å². The Balaban J connectivity index is 2.48. The third kappa shape index (κ3) is 3.67. The van der Waals surface area contributed by atoms with Gasteiger partial charge in [-0.15, -0.1) is 0 Å². The van der Waals surface area contributed by atoms with Crippen LogP contribution in [0.2, 0.25) is 0 Å². The van der Waals surface area contributed by atoms with Crippen molar-refractivity contribution in [1.29, 1.82) is 0 Å². The highest BCUT2D eigenvalue weighted by Gasteiger charge is 2.43. The fourth-order valence-corrected chi connectivity index (χ4v) is 2.41. The van der Waals surface area contributed by atoms with E-state index in [-0.39, 0.29) is 18.8 Å². The lowest BCUT2D eigenvalue weighted by molar-refractivity contribution is -0.188. The number of aliphatic hydroxyl groups excluding tert-OH is 1. The van der Waals surface area contributed by atoms with Crippen LogP contribution >= 0.6 is 0 Å². The van der Waals surface area contributed by atoms with Crippen LogP contribution < -0.4 is 0 Å². The Kier molecular flexibility index (Phi) is 4.44. The fourth-order valence-electron chi connectivity index (χ4n) is 2.41. The largest absolute Gasteiger partial charge is 0.393 e. The van der Waals surface area contributed by atoms with Gasteiger partial charge < -0.3 is 5.11 Å². The maximum atomic E-state index is 12.5. The van der Waals surface area contributed by atoms with E-state index in [1.165, 1.54) is 0 Å². The monoisotopic (exact) mass is 224 g/mol. The molecule has 0 aliphatic heterocycles. The smallest absolute Gasteiger partial charge is 0.391 e. The van der Waals surface area contributed by atoms with Crippen molar-refractivity contribution in [2.24, 2.45) is 11.8 Å². The molecule has 0 aromatic carbocycles.